The monoisotopic (exact) mass is 209 g/mol. The van der Waals surface area contributed by atoms with Gasteiger partial charge in [-0.2, -0.15) is 0 Å². The summed E-state index contributed by atoms with van der Waals surface area (Å²) in [4.78, 5) is 0. The molecule has 0 amide bonds. The van der Waals surface area contributed by atoms with E-state index in [9.17, 15) is 0 Å². The van der Waals surface area contributed by atoms with Gasteiger partial charge in [0, 0.05) is 11.5 Å². The minimum absolute atomic E-state index is 0.539. The highest BCUT2D eigenvalue weighted by molar-refractivity contribution is 5.02. The van der Waals surface area contributed by atoms with Crippen LogP contribution >= 0.6 is 0 Å². The molecule has 0 aromatic carbocycles. The summed E-state index contributed by atoms with van der Waals surface area (Å²) < 4.78 is 5.56. The molecule has 2 heteroatoms. The Morgan fingerprint density at radius 3 is 2.20 bits per heavy atom. The molecule has 1 unspecified atom stereocenters. The summed E-state index contributed by atoms with van der Waals surface area (Å²) in [6.45, 7) is 3.31. The maximum absolute atomic E-state index is 5.56. The lowest BCUT2D eigenvalue weighted by atomic mass is 9.65. The molecular formula is C13H23NO. The predicted molar refractivity (Wildman–Crippen MR) is 60.9 cm³/mol. The number of piperidine rings is 1. The second kappa shape index (κ2) is 4.06. The molecule has 3 aliphatic rings. The van der Waals surface area contributed by atoms with Gasteiger partial charge in [0.2, 0.25) is 0 Å². The van der Waals surface area contributed by atoms with Gasteiger partial charge in [0.05, 0.1) is 13.2 Å². The van der Waals surface area contributed by atoms with Crippen LogP contribution in [-0.4, -0.2) is 25.8 Å². The summed E-state index contributed by atoms with van der Waals surface area (Å²) in [5.41, 5.74) is 0.539. The van der Waals surface area contributed by atoms with Crippen LogP contribution in [-0.2, 0) is 4.74 Å². The van der Waals surface area contributed by atoms with Crippen LogP contribution in [0.5, 0.6) is 0 Å². The van der Waals surface area contributed by atoms with Crippen molar-refractivity contribution < 1.29 is 4.74 Å². The molecule has 1 N–H and O–H groups in total. The Morgan fingerprint density at radius 1 is 0.933 bits per heavy atom. The fourth-order valence-electron chi connectivity index (χ4n) is 3.90. The van der Waals surface area contributed by atoms with Crippen LogP contribution < -0.4 is 5.32 Å². The smallest absolute Gasteiger partial charge is 0.0562 e. The lowest BCUT2D eigenvalue weighted by Gasteiger charge is -2.52. The van der Waals surface area contributed by atoms with Crippen molar-refractivity contribution in [1.82, 2.24) is 5.32 Å². The van der Waals surface area contributed by atoms with Gasteiger partial charge in [0.15, 0.2) is 0 Å². The first-order valence-corrected chi connectivity index (χ1v) is 6.73. The van der Waals surface area contributed by atoms with Crippen molar-refractivity contribution in [3.05, 3.63) is 0 Å². The summed E-state index contributed by atoms with van der Waals surface area (Å²) >= 11 is 0. The Labute approximate surface area is 92.8 Å². The van der Waals surface area contributed by atoms with Gasteiger partial charge in [-0.1, -0.05) is 19.3 Å². The highest BCUT2D eigenvalue weighted by atomic mass is 16.5. The fraction of sp³-hybridized carbons (Fsp3) is 1.00. The largest absolute Gasteiger partial charge is 0.380 e. The van der Waals surface area contributed by atoms with Gasteiger partial charge in [-0.15, -0.1) is 0 Å². The number of rotatable bonds is 2. The van der Waals surface area contributed by atoms with Gasteiger partial charge >= 0.3 is 0 Å². The number of hydrogen-bond acceptors (Lipinski definition) is 2. The van der Waals surface area contributed by atoms with E-state index >= 15 is 0 Å². The summed E-state index contributed by atoms with van der Waals surface area (Å²) in [5.74, 6) is 0.960. The first-order valence-electron chi connectivity index (χ1n) is 6.73. The Morgan fingerprint density at radius 2 is 1.67 bits per heavy atom. The molecular weight excluding hydrogens is 186 g/mol. The maximum Gasteiger partial charge on any atom is 0.0562 e. The van der Waals surface area contributed by atoms with Crippen molar-refractivity contribution in [3.8, 4) is 0 Å². The van der Waals surface area contributed by atoms with Crippen molar-refractivity contribution in [2.75, 3.05) is 19.8 Å². The number of ether oxygens (including phenoxy) is 1. The topological polar surface area (TPSA) is 21.3 Å². The molecule has 0 aromatic heterocycles. The van der Waals surface area contributed by atoms with Gasteiger partial charge < -0.3 is 10.1 Å². The zero-order valence-corrected chi connectivity index (χ0v) is 9.63. The molecule has 3 fully saturated rings. The maximum atomic E-state index is 5.56. The summed E-state index contributed by atoms with van der Waals surface area (Å²) in [5, 5.41) is 3.76. The van der Waals surface area contributed by atoms with Gasteiger partial charge in [0.25, 0.3) is 0 Å². The third-order valence-electron chi connectivity index (χ3n) is 4.91. The number of nitrogens with one attached hydrogen (secondary N) is 1. The second-order valence-electron chi connectivity index (χ2n) is 5.71. The Bertz CT molecular complexity index is 213. The molecule has 2 nitrogen and oxygen atoms in total. The van der Waals surface area contributed by atoms with Crippen molar-refractivity contribution >= 4 is 0 Å². The molecule has 0 spiro atoms. The molecule has 86 valence electrons. The minimum atomic E-state index is 0.539. The van der Waals surface area contributed by atoms with E-state index < -0.39 is 0 Å². The Hall–Kier alpha value is -0.0800. The highest BCUT2D eigenvalue weighted by Crippen LogP contribution is 2.48. The standard InChI is InChI=1S/C13H23NO/c1-2-6-11(5-1)13(9-15-10-13)12-7-3-4-8-14-12/h11-12,14H,1-10H2. The zero-order chi connectivity index (χ0) is 10.1. The molecule has 1 aliphatic carbocycles. The summed E-state index contributed by atoms with van der Waals surface area (Å²) in [7, 11) is 0. The van der Waals surface area contributed by atoms with Gasteiger partial charge in [0.1, 0.15) is 0 Å². The van der Waals surface area contributed by atoms with Crippen LogP contribution in [0.1, 0.15) is 44.9 Å². The van der Waals surface area contributed by atoms with E-state index in [2.05, 4.69) is 5.32 Å². The summed E-state index contributed by atoms with van der Waals surface area (Å²) in [6, 6.07) is 0.767. The van der Waals surface area contributed by atoms with Crippen molar-refractivity contribution in [2.45, 2.75) is 51.0 Å². The van der Waals surface area contributed by atoms with Crippen LogP contribution in [0.25, 0.3) is 0 Å². The third-order valence-corrected chi connectivity index (χ3v) is 4.91. The van der Waals surface area contributed by atoms with Crippen LogP contribution in [0.2, 0.25) is 0 Å². The lowest BCUT2D eigenvalue weighted by molar-refractivity contribution is -0.167. The average molecular weight is 209 g/mol. The molecule has 2 aliphatic heterocycles. The molecule has 0 bridgehead atoms. The van der Waals surface area contributed by atoms with Crippen LogP contribution in [0.15, 0.2) is 0 Å². The van der Waals surface area contributed by atoms with Crippen LogP contribution in [0.4, 0.5) is 0 Å². The molecule has 2 saturated heterocycles. The molecule has 0 aromatic rings. The zero-order valence-electron chi connectivity index (χ0n) is 9.63. The van der Waals surface area contributed by atoms with E-state index in [4.69, 9.17) is 4.74 Å². The van der Waals surface area contributed by atoms with Gasteiger partial charge in [-0.3, -0.25) is 0 Å². The second-order valence-corrected chi connectivity index (χ2v) is 5.71. The van der Waals surface area contributed by atoms with E-state index in [1.807, 2.05) is 0 Å². The molecule has 3 rings (SSSR count). The molecule has 1 saturated carbocycles. The minimum Gasteiger partial charge on any atom is -0.380 e. The van der Waals surface area contributed by atoms with Gasteiger partial charge in [-0.05, 0) is 38.1 Å². The average Bonchev–Trinajstić information content (AvgIpc) is 2.72. The first-order chi connectivity index (χ1) is 7.42. The van der Waals surface area contributed by atoms with E-state index in [-0.39, 0.29) is 0 Å². The van der Waals surface area contributed by atoms with Crippen molar-refractivity contribution in [2.24, 2.45) is 11.3 Å². The van der Waals surface area contributed by atoms with Crippen molar-refractivity contribution in [1.29, 1.82) is 0 Å². The molecule has 0 radical (unpaired) electrons. The quantitative estimate of drug-likeness (QED) is 0.753. The van der Waals surface area contributed by atoms with Crippen LogP contribution in [0, 0.1) is 11.3 Å². The predicted octanol–water partition coefficient (Wildman–Crippen LogP) is 2.34. The van der Waals surface area contributed by atoms with E-state index in [0.717, 1.165) is 25.2 Å². The third kappa shape index (κ3) is 1.62. The van der Waals surface area contributed by atoms with E-state index in [1.54, 1.807) is 0 Å². The lowest BCUT2D eigenvalue weighted by Crippen LogP contribution is -2.61. The Kier molecular flexibility index (Phi) is 2.73. The highest BCUT2D eigenvalue weighted by Gasteiger charge is 2.51. The first kappa shape index (κ1) is 10.1. The van der Waals surface area contributed by atoms with Crippen LogP contribution in [0.3, 0.4) is 0 Å². The van der Waals surface area contributed by atoms with Crippen molar-refractivity contribution in [3.63, 3.8) is 0 Å². The normalized spacial score (nSPS) is 36.4. The number of hydrogen-bond donors (Lipinski definition) is 1. The van der Waals surface area contributed by atoms with E-state index in [0.29, 0.717) is 5.41 Å². The Balaban J connectivity index is 1.72. The SMILES string of the molecule is C1CCC(C2(C3CCCC3)COC2)NC1. The summed E-state index contributed by atoms with van der Waals surface area (Å²) in [6.07, 6.45) is 10.0. The molecule has 1 atom stereocenters. The van der Waals surface area contributed by atoms with Gasteiger partial charge in [-0.25, -0.2) is 0 Å². The molecule has 2 heterocycles. The van der Waals surface area contributed by atoms with E-state index in [1.165, 1.54) is 51.5 Å². The fourth-order valence-corrected chi connectivity index (χ4v) is 3.90. The molecule has 15 heavy (non-hydrogen) atoms.